The first-order valence-corrected chi connectivity index (χ1v) is 11.1. The van der Waals surface area contributed by atoms with Crippen LogP contribution in [0.5, 0.6) is 0 Å². The van der Waals surface area contributed by atoms with Gasteiger partial charge < -0.3 is 19.4 Å². The number of piperidine rings is 2. The Bertz CT molecular complexity index is 571. The number of carbonyl (C=O) groups excluding carboxylic acids is 3. The lowest BCUT2D eigenvalue weighted by atomic mass is 9.91. The molecule has 2 rings (SSSR count). The molecule has 0 unspecified atom stereocenters. The summed E-state index contributed by atoms with van der Waals surface area (Å²) >= 11 is 0. The second kappa shape index (κ2) is 10.3. The maximum atomic E-state index is 12.9. The summed E-state index contributed by atoms with van der Waals surface area (Å²) in [5.41, 5.74) is -0.504. The van der Waals surface area contributed by atoms with Crippen molar-refractivity contribution < 1.29 is 19.1 Å². The molecule has 0 atom stereocenters. The zero-order chi connectivity index (χ0) is 21.6. The Labute approximate surface area is 175 Å². The molecule has 2 heterocycles. The van der Waals surface area contributed by atoms with Crippen LogP contribution in [0, 0.1) is 11.8 Å². The van der Waals surface area contributed by atoms with E-state index in [-0.39, 0.29) is 29.7 Å². The average Bonchev–Trinajstić information content (AvgIpc) is 2.70. The van der Waals surface area contributed by atoms with Crippen molar-refractivity contribution in [3.8, 4) is 0 Å². The molecule has 166 valence electrons. The normalized spacial score (nSPS) is 19.2. The Morgan fingerprint density at radius 3 is 1.97 bits per heavy atom. The molecule has 0 aromatic rings. The lowest BCUT2D eigenvalue weighted by Gasteiger charge is -2.37. The van der Waals surface area contributed by atoms with Crippen LogP contribution in [0.4, 0.5) is 4.79 Å². The van der Waals surface area contributed by atoms with E-state index in [1.165, 1.54) is 0 Å². The molecule has 0 spiro atoms. The van der Waals surface area contributed by atoms with Gasteiger partial charge in [-0.2, -0.15) is 0 Å². The van der Waals surface area contributed by atoms with Gasteiger partial charge in [0.05, 0.1) is 0 Å². The van der Waals surface area contributed by atoms with Crippen LogP contribution in [0.2, 0.25) is 0 Å². The first kappa shape index (κ1) is 23.5. The molecule has 2 fully saturated rings. The fraction of sp³-hybridized carbons (Fsp3) is 0.864. The predicted octanol–water partition coefficient (Wildman–Crippen LogP) is 3.13. The van der Waals surface area contributed by atoms with Gasteiger partial charge in [0.1, 0.15) is 5.60 Å². The van der Waals surface area contributed by atoms with Crippen molar-refractivity contribution >= 4 is 17.9 Å². The molecule has 2 aliphatic rings. The van der Waals surface area contributed by atoms with E-state index >= 15 is 0 Å². The maximum Gasteiger partial charge on any atom is 0.410 e. The fourth-order valence-electron chi connectivity index (χ4n) is 4.06. The van der Waals surface area contributed by atoms with E-state index in [2.05, 4.69) is 6.92 Å². The molecule has 7 heteroatoms. The number of hydrogen-bond donors (Lipinski definition) is 0. The monoisotopic (exact) mass is 409 g/mol. The fourth-order valence-corrected chi connectivity index (χ4v) is 4.06. The number of unbranched alkanes of at least 4 members (excludes halogenated alkanes) is 1. The van der Waals surface area contributed by atoms with E-state index in [4.69, 9.17) is 4.74 Å². The quantitative estimate of drug-likeness (QED) is 0.699. The van der Waals surface area contributed by atoms with E-state index in [1.54, 1.807) is 4.90 Å². The van der Waals surface area contributed by atoms with Gasteiger partial charge in [0.25, 0.3) is 0 Å². The third kappa shape index (κ3) is 6.89. The van der Waals surface area contributed by atoms with Crippen LogP contribution in [0.15, 0.2) is 0 Å². The van der Waals surface area contributed by atoms with Crippen LogP contribution in [0.3, 0.4) is 0 Å². The van der Waals surface area contributed by atoms with Crippen molar-refractivity contribution in [2.75, 3.05) is 39.8 Å². The van der Waals surface area contributed by atoms with Crippen LogP contribution in [0.1, 0.15) is 66.2 Å². The predicted molar refractivity (Wildman–Crippen MR) is 112 cm³/mol. The Balaban J connectivity index is 1.76. The van der Waals surface area contributed by atoms with Gasteiger partial charge in [-0.1, -0.05) is 13.3 Å². The van der Waals surface area contributed by atoms with Crippen LogP contribution < -0.4 is 0 Å². The Morgan fingerprint density at radius 2 is 1.45 bits per heavy atom. The second-order valence-corrected chi connectivity index (χ2v) is 9.45. The molecule has 7 nitrogen and oxygen atoms in total. The molecule has 0 saturated carbocycles. The smallest absolute Gasteiger partial charge is 0.410 e. The Kier molecular flexibility index (Phi) is 8.34. The number of likely N-dealkylation sites (tertiary alicyclic amines) is 2. The molecule has 2 aliphatic heterocycles. The first-order chi connectivity index (χ1) is 13.6. The zero-order valence-electron chi connectivity index (χ0n) is 18.9. The highest BCUT2D eigenvalue weighted by atomic mass is 16.6. The molecular formula is C22H39N3O4. The maximum absolute atomic E-state index is 12.9. The molecule has 0 aromatic heterocycles. The van der Waals surface area contributed by atoms with Gasteiger partial charge in [-0.15, -0.1) is 0 Å². The highest BCUT2D eigenvalue weighted by molar-refractivity contribution is 5.81. The summed E-state index contributed by atoms with van der Waals surface area (Å²) in [6.45, 7) is 10.9. The zero-order valence-corrected chi connectivity index (χ0v) is 18.9. The number of nitrogens with zero attached hydrogens (tertiary/aromatic N) is 3. The molecule has 0 bridgehead atoms. The Hall–Kier alpha value is -1.79. The molecular weight excluding hydrogens is 370 g/mol. The van der Waals surface area contributed by atoms with E-state index in [1.807, 2.05) is 37.6 Å². The number of amides is 3. The van der Waals surface area contributed by atoms with Gasteiger partial charge in [0.2, 0.25) is 11.8 Å². The number of carbonyl (C=O) groups is 3. The third-order valence-electron chi connectivity index (χ3n) is 5.88. The van der Waals surface area contributed by atoms with Gasteiger partial charge in [-0.05, 0) is 52.9 Å². The summed E-state index contributed by atoms with van der Waals surface area (Å²) in [5.74, 6) is 0.401. The summed E-state index contributed by atoms with van der Waals surface area (Å²) in [6.07, 6.45) is 4.66. The minimum atomic E-state index is -0.504. The topological polar surface area (TPSA) is 70.2 Å². The van der Waals surface area contributed by atoms with Gasteiger partial charge in [-0.25, -0.2) is 4.79 Å². The van der Waals surface area contributed by atoms with Crippen LogP contribution >= 0.6 is 0 Å². The standard InChI is InChI=1S/C22H39N3O4/c1-6-7-12-23(5)19(26)17-8-13-24(14-9-17)20(27)18-10-15-25(16-11-18)21(28)29-22(2,3)4/h17-18H,6-16H2,1-5H3. The largest absolute Gasteiger partial charge is 0.444 e. The molecule has 0 aromatic carbocycles. The van der Waals surface area contributed by atoms with Crippen molar-refractivity contribution in [2.45, 2.75) is 71.8 Å². The highest BCUT2D eigenvalue weighted by Gasteiger charge is 2.34. The van der Waals surface area contributed by atoms with Crippen molar-refractivity contribution in [3.63, 3.8) is 0 Å². The van der Waals surface area contributed by atoms with E-state index in [0.717, 1.165) is 32.2 Å². The van der Waals surface area contributed by atoms with Crippen molar-refractivity contribution in [1.82, 2.24) is 14.7 Å². The van der Waals surface area contributed by atoms with Gasteiger partial charge >= 0.3 is 6.09 Å². The summed E-state index contributed by atoms with van der Waals surface area (Å²) in [4.78, 5) is 43.1. The van der Waals surface area contributed by atoms with Gasteiger partial charge in [-0.3, -0.25) is 9.59 Å². The summed E-state index contributed by atoms with van der Waals surface area (Å²) in [7, 11) is 1.88. The summed E-state index contributed by atoms with van der Waals surface area (Å²) in [6, 6.07) is 0. The first-order valence-electron chi connectivity index (χ1n) is 11.1. The van der Waals surface area contributed by atoms with Crippen LogP contribution in [-0.2, 0) is 14.3 Å². The highest BCUT2D eigenvalue weighted by Crippen LogP contribution is 2.25. The number of hydrogen-bond acceptors (Lipinski definition) is 4. The summed E-state index contributed by atoms with van der Waals surface area (Å²) < 4.78 is 5.42. The van der Waals surface area contributed by atoms with Crippen molar-refractivity contribution in [1.29, 1.82) is 0 Å². The molecule has 0 radical (unpaired) electrons. The Morgan fingerprint density at radius 1 is 0.931 bits per heavy atom. The molecule has 0 N–H and O–H groups in total. The molecule has 2 saturated heterocycles. The average molecular weight is 410 g/mol. The second-order valence-electron chi connectivity index (χ2n) is 9.45. The molecule has 0 aliphatic carbocycles. The minimum Gasteiger partial charge on any atom is -0.444 e. The van der Waals surface area contributed by atoms with Gasteiger partial charge in [0, 0.05) is 51.6 Å². The van der Waals surface area contributed by atoms with E-state index in [9.17, 15) is 14.4 Å². The number of rotatable bonds is 5. The van der Waals surface area contributed by atoms with Crippen LogP contribution in [-0.4, -0.2) is 78.0 Å². The lowest BCUT2D eigenvalue weighted by Crippen LogP contribution is -2.48. The summed E-state index contributed by atoms with van der Waals surface area (Å²) in [5, 5.41) is 0. The third-order valence-corrected chi connectivity index (χ3v) is 5.88. The minimum absolute atomic E-state index is 0.0341. The van der Waals surface area contributed by atoms with E-state index in [0.29, 0.717) is 39.0 Å². The molecule has 29 heavy (non-hydrogen) atoms. The van der Waals surface area contributed by atoms with Crippen molar-refractivity contribution in [3.05, 3.63) is 0 Å². The SMILES string of the molecule is CCCCN(C)C(=O)C1CCN(C(=O)C2CCN(C(=O)OC(C)(C)C)CC2)CC1. The van der Waals surface area contributed by atoms with Crippen molar-refractivity contribution in [2.24, 2.45) is 11.8 Å². The number of ether oxygens (including phenoxy) is 1. The van der Waals surface area contributed by atoms with Gasteiger partial charge in [0.15, 0.2) is 0 Å². The lowest BCUT2D eigenvalue weighted by molar-refractivity contribution is -0.142. The molecule has 3 amide bonds. The van der Waals surface area contributed by atoms with Crippen LogP contribution in [0.25, 0.3) is 0 Å². The van der Waals surface area contributed by atoms with E-state index < -0.39 is 5.60 Å².